The van der Waals surface area contributed by atoms with Crippen molar-refractivity contribution in [1.82, 2.24) is 9.55 Å². The summed E-state index contributed by atoms with van der Waals surface area (Å²) in [5.74, 6) is 0.770. The summed E-state index contributed by atoms with van der Waals surface area (Å²) in [5, 5.41) is 4.30. The van der Waals surface area contributed by atoms with Crippen LogP contribution in [-0.2, 0) is 19.4 Å². The van der Waals surface area contributed by atoms with Crippen molar-refractivity contribution in [3.63, 3.8) is 0 Å². The number of rotatable bonds is 3. The highest BCUT2D eigenvalue weighted by Crippen LogP contribution is 2.34. The number of fused-ring (bicyclic) bond motifs is 3. The van der Waals surface area contributed by atoms with E-state index in [0.717, 1.165) is 29.0 Å². The van der Waals surface area contributed by atoms with Crippen molar-refractivity contribution in [2.75, 3.05) is 5.32 Å². The molecule has 0 unspecified atom stereocenters. The van der Waals surface area contributed by atoms with E-state index in [1.807, 2.05) is 11.5 Å². The first-order valence-electron chi connectivity index (χ1n) is 7.59. The average Bonchev–Trinajstić information content (AvgIpc) is 3.17. The molecule has 2 heterocycles. The van der Waals surface area contributed by atoms with E-state index in [1.54, 1.807) is 11.3 Å². The van der Waals surface area contributed by atoms with Gasteiger partial charge in [0.25, 0.3) is 5.56 Å². The molecular formula is C15H19N3OS. The lowest BCUT2D eigenvalue weighted by Gasteiger charge is -2.13. The summed E-state index contributed by atoms with van der Waals surface area (Å²) in [6, 6.07) is 0.520. The molecule has 2 aliphatic carbocycles. The molecule has 1 fully saturated rings. The van der Waals surface area contributed by atoms with Crippen LogP contribution in [0.3, 0.4) is 0 Å². The number of anilines is 1. The second-order valence-electron chi connectivity index (χ2n) is 5.79. The highest BCUT2D eigenvalue weighted by atomic mass is 32.1. The molecule has 106 valence electrons. The molecule has 2 aliphatic rings. The molecule has 5 heteroatoms. The van der Waals surface area contributed by atoms with E-state index in [9.17, 15) is 4.79 Å². The van der Waals surface area contributed by atoms with Crippen LogP contribution >= 0.6 is 11.3 Å². The minimum atomic E-state index is 0.153. The molecule has 4 nitrogen and oxygen atoms in total. The number of aromatic nitrogens is 2. The Kier molecular flexibility index (Phi) is 2.84. The van der Waals surface area contributed by atoms with Gasteiger partial charge in [-0.1, -0.05) is 0 Å². The number of nitrogens with zero attached hydrogens (tertiary/aromatic N) is 2. The van der Waals surface area contributed by atoms with Crippen molar-refractivity contribution in [3.05, 3.63) is 20.8 Å². The van der Waals surface area contributed by atoms with Crippen molar-refractivity contribution in [3.8, 4) is 0 Å². The molecule has 0 spiro atoms. The first kappa shape index (κ1) is 12.4. The molecule has 1 saturated carbocycles. The van der Waals surface area contributed by atoms with Gasteiger partial charge in [-0.25, -0.2) is 4.98 Å². The van der Waals surface area contributed by atoms with E-state index in [1.165, 1.54) is 36.1 Å². The number of aryl methyl sites for hydroxylation is 2. The van der Waals surface area contributed by atoms with Crippen molar-refractivity contribution < 1.29 is 0 Å². The van der Waals surface area contributed by atoms with Crippen molar-refractivity contribution in [2.24, 2.45) is 0 Å². The van der Waals surface area contributed by atoms with Gasteiger partial charge < -0.3 is 5.32 Å². The Morgan fingerprint density at radius 2 is 2.15 bits per heavy atom. The average molecular weight is 289 g/mol. The predicted octanol–water partition coefficient (Wildman–Crippen LogP) is 2.93. The van der Waals surface area contributed by atoms with E-state index in [-0.39, 0.29) is 5.56 Å². The first-order valence-corrected chi connectivity index (χ1v) is 8.41. The van der Waals surface area contributed by atoms with Crippen molar-refractivity contribution in [2.45, 2.75) is 58.0 Å². The Labute approximate surface area is 121 Å². The third-order valence-corrected chi connectivity index (χ3v) is 5.49. The Balaban J connectivity index is 1.95. The maximum atomic E-state index is 12.8. The largest absolute Gasteiger partial charge is 0.353 e. The Bertz CT molecular complexity index is 727. The highest BCUT2D eigenvalue weighted by Gasteiger charge is 2.25. The maximum Gasteiger partial charge on any atom is 0.263 e. The van der Waals surface area contributed by atoms with Crippen LogP contribution in [0.25, 0.3) is 10.2 Å². The minimum absolute atomic E-state index is 0.153. The molecule has 0 aromatic carbocycles. The second-order valence-corrected chi connectivity index (χ2v) is 6.88. The van der Waals surface area contributed by atoms with Gasteiger partial charge in [-0.3, -0.25) is 9.36 Å². The molecule has 2 aromatic heterocycles. The first-order chi connectivity index (χ1) is 9.78. The quantitative estimate of drug-likeness (QED) is 0.945. The maximum absolute atomic E-state index is 12.8. The zero-order valence-electron chi connectivity index (χ0n) is 11.7. The molecule has 20 heavy (non-hydrogen) atoms. The van der Waals surface area contributed by atoms with Gasteiger partial charge in [0, 0.05) is 17.5 Å². The SMILES string of the molecule is CCn1c(NC2CC2)nc2sc3c(c2c1=O)CCCC3. The molecule has 0 amide bonds. The fraction of sp³-hybridized carbons (Fsp3) is 0.600. The third kappa shape index (κ3) is 1.87. The minimum Gasteiger partial charge on any atom is -0.353 e. The van der Waals surface area contributed by atoms with Gasteiger partial charge in [0.15, 0.2) is 0 Å². The summed E-state index contributed by atoms with van der Waals surface area (Å²) in [7, 11) is 0. The summed E-state index contributed by atoms with van der Waals surface area (Å²) < 4.78 is 1.81. The summed E-state index contributed by atoms with van der Waals surface area (Å²) in [6.45, 7) is 2.70. The van der Waals surface area contributed by atoms with E-state index < -0.39 is 0 Å². The van der Waals surface area contributed by atoms with Crippen molar-refractivity contribution in [1.29, 1.82) is 0 Å². The monoisotopic (exact) mass is 289 g/mol. The lowest BCUT2D eigenvalue weighted by atomic mass is 9.97. The Morgan fingerprint density at radius 3 is 2.90 bits per heavy atom. The van der Waals surface area contributed by atoms with Crippen LogP contribution in [0.4, 0.5) is 5.95 Å². The summed E-state index contributed by atoms with van der Waals surface area (Å²) >= 11 is 1.73. The van der Waals surface area contributed by atoms with Crippen LogP contribution in [0, 0.1) is 0 Å². The lowest BCUT2D eigenvalue weighted by molar-refractivity contribution is 0.695. The number of nitrogens with one attached hydrogen (secondary N) is 1. The molecule has 2 aromatic rings. The molecule has 0 aliphatic heterocycles. The number of thiophene rings is 1. The van der Waals surface area contributed by atoms with Crippen LogP contribution in [0.1, 0.15) is 43.0 Å². The second kappa shape index (κ2) is 4.58. The fourth-order valence-electron chi connectivity index (χ4n) is 3.05. The molecule has 0 bridgehead atoms. The van der Waals surface area contributed by atoms with Gasteiger partial charge in [0.05, 0.1) is 5.39 Å². The molecule has 1 N–H and O–H groups in total. The van der Waals surface area contributed by atoms with E-state index >= 15 is 0 Å². The van der Waals surface area contributed by atoms with Crippen LogP contribution in [-0.4, -0.2) is 15.6 Å². The standard InChI is InChI=1S/C15H19N3OS/c1-2-18-14(19)12-10-5-3-4-6-11(10)20-13(12)17-15(18)16-9-7-8-9/h9H,2-8H2,1H3,(H,16,17). The van der Waals surface area contributed by atoms with Gasteiger partial charge in [0.2, 0.25) is 5.95 Å². The van der Waals surface area contributed by atoms with Crippen LogP contribution < -0.4 is 10.9 Å². The zero-order valence-corrected chi connectivity index (χ0v) is 12.6. The Hall–Kier alpha value is -1.36. The topological polar surface area (TPSA) is 46.9 Å². The van der Waals surface area contributed by atoms with Gasteiger partial charge in [-0.15, -0.1) is 11.3 Å². The summed E-state index contributed by atoms with van der Waals surface area (Å²) in [4.78, 5) is 19.9. The van der Waals surface area contributed by atoms with Crippen LogP contribution in [0.15, 0.2) is 4.79 Å². The smallest absolute Gasteiger partial charge is 0.263 e. The van der Waals surface area contributed by atoms with Crippen molar-refractivity contribution >= 4 is 27.5 Å². The van der Waals surface area contributed by atoms with E-state index in [0.29, 0.717) is 12.6 Å². The van der Waals surface area contributed by atoms with E-state index in [2.05, 4.69) is 5.32 Å². The van der Waals surface area contributed by atoms with Gasteiger partial charge in [-0.2, -0.15) is 0 Å². The Morgan fingerprint density at radius 1 is 1.35 bits per heavy atom. The predicted molar refractivity (Wildman–Crippen MR) is 82.8 cm³/mol. The lowest BCUT2D eigenvalue weighted by Crippen LogP contribution is -2.25. The van der Waals surface area contributed by atoms with Gasteiger partial charge >= 0.3 is 0 Å². The van der Waals surface area contributed by atoms with Gasteiger partial charge in [0.1, 0.15) is 4.83 Å². The number of hydrogen-bond donors (Lipinski definition) is 1. The molecule has 0 radical (unpaired) electrons. The molecular weight excluding hydrogens is 270 g/mol. The van der Waals surface area contributed by atoms with Crippen LogP contribution in [0.2, 0.25) is 0 Å². The zero-order chi connectivity index (χ0) is 13.7. The molecule has 0 saturated heterocycles. The normalized spacial score (nSPS) is 18.2. The number of hydrogen-bond acceptors (Lipinski definition) is 4. The van der Waals surface area contributed by atoms with E-state index in [4.69, 9.17) is 4.98 Å². The third-order valence-electron chi connectivity index (χ3n) is 4.30. The fourth-order valence-corrected chi connectivity index (χ4v) is 4.30. The summed E-state index contributed by atoms with van der Waals surface area (Å²) in [6.07, 6.45) is 7.00. The molecule has 0 atom stereocenters. The van der Waals surface area contributed by atoms with Gasteiger partial charge in [-0.05, 0) is 51.0 Å². The summed E-state index contributed by atoms with van der Waals surface area (Å²) in [5.41, 5.74) is 1.44. The highest BCUT2D eigenvalue weighted by molar-refractivity contribution is 7.18. The van der Waals surface area contributed by atoms with Crippen LogP contribution in [0.5, 0.6) is 0 Å². The molecule has 4 rings (SSSR count).